The van der Waals surface area contributed by atoms with Crippen molar-refractivity contribution in [2.45, 2.75) is 18.4 Å². The number of hydrogen-bond donors (Lipinski definition) is 3. The van der Waals surface area contributed by atoms with E-state index in [-0.39, 0.29) is 35.4 Å². The summed E-state index contributed by atoms with van der Waals surface area (Å²) in [5.74, 6) is 0.618. The molecule has 1 heterocycles. The van der Waals surface area contributed by atoms with Crippen LogP contribution in [-0.2, 0) is 16.6 Å². The molecule has 0 aliphatic heterocycles. The van der Waals surface area contributed by atoms with E-state index in [4.69, 9.17) is 0 Å². The maximum Gasteiger partial charge on any atom is 0.240 e. The molecule has 0 fully saturated rings. The summed E-state index contributed by atoms with van der Waals surface area (Å²) in [6, 6.07) is 14.0. The Morgan fingerprint density at radius 3 is 2.42 bits per heavy atom. The second-order valence-electron chi connectivity index (χ2n) is 5.15. The second-order valence-corrected chi connectivity index (χ2v) is 6.92. The van der Waals surface area contributed by atoms with Crippen molar-refractivity contribution < 1.29 is 8.42 Å². The highest BCUT2D eigenvalue weighted by Crippen LogP contribution is 2.06. The molecule has 2 rings (SSSR count). The van der Waals surface area contributed by atoms with E-state index in [0.717, 1.165) is 5.69 Å². The van der Waals surface area contributed by atoms with Crippen molar-refractivity contribution in [2.75, 3.05) is 19.6 Å². The Morgan fingerprint density at radius 2 is 1.77 bits per heavy atom. The van der Waals surface area contributed by atoms with Crippen LogP contribution in [0.4, 0.5) is 0 Å². The fourth-order valence-corrected chi connectivity index (χ4v) is 3.10. The van der Waals surface area contributed by atoms with E-state index in [1.165, 1.54) is 0 Å². The predicted molar refractivity (Wildman–Crippen MR) is 114 cm³/mol. The van der Waals surface area contributed by atoms with Crippen LogP contribution in [0.1, 0.15) is 12.6 Å². The highest BCUT2D eigenvalue weighted by molar-refractivity contribution is 14.0. The van der Waals surface area contributed by atoms with Gasteiger partial charge in [-0.05, 0) is 31.2 Å². The van der Waals surface area contributed by atoms with E-state index in [0.29, 0.717) is 25.6 Å². The highest BCUT2D eigenvalue weighted by atomic mass is 127. The molecule has 0 radical (unpaired) electrons. The molecular weight excluding hydrogens is 465 g/mol. The van der Waals surface area contributed by atoms with Crippen LogP contribution < -0.4 is 15.4 Å². The van der Waals surface area contributed by atoms with Crippen LogP contribution in [0.2, 0.25) is 0 Å². The van der Waals surface area contributed by atoms with Crippen LogP contribution in [0, 0.1) is 0 Å². The van der Waals surface area contributed by atoms with Gasteiger partial charge in [-0.1, -0.05) is 24.3 Å². The third-order valence-electron chi connectivity index (χ3n) is 3.23. The lowest BCUT2D eigenvalue weighted by Gasteiger charge is -2.12. The van der Waals surface area contributed by atoms with Crippen LogP contribution in [0.5, 0.6) is 0 Å². The van der Waals surface area contributed by atoms with Crippen molar-refractivity contribution in [3.8, 4) is 0 Å². The normalized spacial score (nSPS) is 11.5. The number of aliphatic imine (C=N–C) groups is 1. The molecule has 26 heavy (non-hydrogen) atoms. The summed E-state index contributed by atoms with van der Waals surface area (Å²) in [5.41, 5.74) is 0.865. The first-order chi connectivity index (χ1) is 12.1. The minimum atomic E-state index is -3.49. The van der Waals surface area contributed by atoms with E-state index in [9.17, 15) is 8.42 Å². The molecule has 0 saturated heterocycles. The third-order valence-corrected chi connectivity index (χ3v) is 4.71. The van der Waals surface area contributed by atoms with Crippen molar-refractivity contribution in [2.24, 2.45) is 4.99 Å². The van der Waals surface area contributed by atoms with Crippen LogP contribution in [0.25, 0.3) is 0 Å². The monoisotopic (exact) mass is 489 g/mol. The number of nitrogens with zero attached hydrogens (tertiary/aromatic N) is 2. The molecule has 0 atom stereocenters. The minimum Gasteiger partial charge on any atom is -0.357 e. The Morgan fingerprint density at radius 1 is 1.04 bits per heavy atom. The maximum absolute atomic E-state index is 12.1. The number of pyridine rings is 1. The van der Waals surface area contributed by atoms with Crippen molar-refractivity contribution in [3.63, 3.8) is 0 Å². The lowest BCUT2D eigenvalue weighted by molar-refractivity contribution is 0.580. The summed E-state index contributed by atoms with van der Waals surface area (Å²) in [6.07, 6.45) is 1.73. The first kappa shape index (κ1) is 22.3. The van der Waals surface area contributed by atoms with E-state index in [1.54, 1.807) is 36.5 Å². The summed E-state index contributed by atoms with van der Waals surface area (Å²) >= 11 is 0. The fourth-order valence-electron chi connectivity index (χ4n) is 2.04. The summed E-state index contributed by atoms with van der Waals surface area (Å²) < 4.78 is 26.8. The summed E-state index contributed by atoms with van der Waals surface area (Å²) in [7, 11) is -3.49. The third kappa shape index (κ3) is 7.67. The van der Waals surface area contributed by atoms with E-state index in [1.807, 2.05) is 25.1 Å². The molecule has 0 aliphatic carbocycles. The number of sulfonamides is 1. The summed E-state index contributed by atoms with van der Waals surface area (Å²) in [5, 5.41) is 6.22. The van der Waals surface area contributed by atoms with Gasteiger partial charge in [0.05, 0.1) is 17.1 Å². The Bertz CT molecular complexity index is 770. The number of benzene rings is 1. The standard InChI is InChI=1S/C17H23N5O2S.HI/c1-2-18-17(21-14-15-8-6-7-11-19-15)20-12-13-22-25(23,24)16-9-4-3-5-10-16;/h3-11,22H,2,12-14H2,1H3,(H2,18,20,21);1H. The first-order valence-electron chi connectivity index (χ1n) is 8.08. The molecule has 2 aromatic rings. The molecule has 0 bridgehead atoms. The average Bonchev–Trinajstić information content (AvgIpc) is 2.64. The van der Waals surface area contributed by atoms with Gasteiger partial charge in [-0.2, -0.15) is 0 Å². The molecule has 1 aromatic heterocycles. The number of rotatable bonds is 8. The maximum atomic E-state index is 12.1. The molecule has 142 valence electrons. The van der Waals surface area contributed by atoms with E-state index in [2.05, 4.69) is 25.3 Å². The first-order valence-corrected chi connectivity index (χ1v) is 9.57. The van der Waals surface area contributed by atoms with Gasteiger partial charge < -0.3 is 10.6 Å². The number of hydrogen-bond acceptors (Lipinski definition) is 4. The predicted octanol–water partition coefficient (Wildman–Crippen LogP) is 1.73. The molecule has 0 amide bonds. The highest BCUT2D eigenvalue weighted by Gasteiger charge is 2.11. The van der Waals surface area contributed by atoms with Gasteiger partial charge in [0.1, 0.15) is 0 Å². The van der Waals surface area contributed by atoms with Gasteiger partial charge in [-0.3, -0.25) is 4.98 Å². The molecule has 1 aromatic carbocycles. The average molecular weight is 489 g/mol. The SMILES string of the molecule is CCNC(=NCc1ccccn1)NCCNS(=O)(=O)c1ccccc1.I. The van der Waals surface area contributed by atoms with Gasteiger partial charge in [-0.15, -0.1) is 24.0 Å². The number of aromatic nitrogens is 1. The van der Waals surface area contributed by atoms with Crippen molar-refractivity contribution in [1.82, 2.24) is 20.3 Å². The molecule has 9 heteroatoms. The quantitative estimate of drug-likeness (QED) is 0.227. The zero-order chi connectivity index (χ0) is 18.0. The smallest absolute Gasteiger partial charge is 0.240 e. The van der Waals surface area contributed by atoms with Gasteiger partial charge in [0.15, 0.2) is 5.96 Å². The van der Waals surface area contributed by atoms with Crippen molar-refractivity contribution >= 4 is 40.0 Å². The molecule has 0 spiro atoms. The Labute approximate surface area is 171 Å². The van der Waals surface area contributed by atoms with Gasteiger partial charge in [-0.25, -0.2) is 18.1 Å². The van der Waals surface area contributed by atoms with Gasteiger partial charge >= 0.3 is 0 Å². The topological polar surface area (TPSA) is 95.5 Å². The molecule has 0 saturated carbocycles. The number of nitrogens with one attached hydrogen (secondary N) is 3. The summed E-state index contributed by atoms with van der Waals surface area (Å²) in [6.45, 7) is 3.80. The van der Waals surface area contributed by atoms with Crippen molar-refractivity contribution in [1.29, 1.82) is 0 Å². The Hall–Kier alpha value is -1.72. The Kier molecular flexibility index (Phi) is 10.1. The van der Waals surface area contributed by atoms with E-state index < -0.39 is 10.0 Å². The van der Waals surface area contributed by atoms with Crippen LogP contribution >= 0.6 is 24.0 Å². The van der Waals surface area contributed by atoms with Gasteiger partial charge in [0.2, 0.25) is 10.0 Å². The number of guanidine groups is 1. The molecule has 3 N–H and O–H groups in total. The molecule has 7 nitrogen and oxygen atoms in total. The second kappa shape index (κ2) is 11.8. The molecular formula is C17H24IN5O2S. The van der Waals surface area contributed by atoms with Crippen LogP contribution in [0.3, 0.4) is 0 Å². The zero-order valence-corrected chi connectivity index (χ0v) is 17.7. The Balaban J connectivity index is 0.00000338. The van der Waals surface area contributed by atoms with Gasteiger partial charge in [0, 0.05) is 25.8 Å². The van der Waals surface area contributed by atoms with Crippen molar-refractivity contribution in [3.05, 3.63) is 60.4 Å². The largest absolute Gasteiger partial charge is 0.357 e. The van der Waals surface area contributed by atoms with Crippen LogP contribution in [0.15, 0.2) is 64.6 Å². The summed E-state index contributed by atoms with van der Waals surface area (Å²) in [4.78, 5) is 8.90. The lowest BCUT2D eigenvalue weighted by Crippen LogP contribution is -2.41. The van der Waals surface area contributed by atoms with Gasteiger partial charge in [0.25, 0.3) is 0 Å². The zero-order valence-electron chi connectivity index (χ0n) is 14.6. The fraction of sp³-hybridized carbons (Fsp3) is 0.294. The minimum absolute atomic E-state index is 0. The van der Waals surface area contributed by atoms with Crippen LogP contribution in [-0.4, -0.2) is 39.0 Å². The molecule has 0 unspecified atom stereocenters. The number of halogens is 1. The lowest BCUT2D eigenvalue weighted by atomic mass is 10.3. The van der Waals surface area contributed by atoms with E-state index >= 15 is 0 Å². The molecule has 0 aliphatic rings.